The van der Waals surface area contributed by atoms with Gasteiger partial charge in [-0.25, -0.2) is 0 Å². The summed E-state index contributed by atoms with van der Waals surface area (Å²) in [6, 6.07) is 4.05. The first-order valence-corrected chi connectivity index (χ1v) is 5.59. The zero-order chi connectivity index (χ0) is 10.1. The predicted octanol–water partition coefficient (Wildman–Crippen LogP) is 3.84. The van der Waals surface area contributed by atoms with Gasteiger partial charge < -0.3 is 5.73 Å². The lowest BCUT2D eigenvalue weighted by Crippen LogP contribution is -2.17. The molecule has 0 saturated carbocycles. The monoisotopic (exact) mass is 217 g/mol. The Balaban J connectivity index is 2.64. The van der Waals surface area contributed by atoms with Crippen LogP contribution in [0.4, 0.5) is 0 Å². The third kappa shape index (κ3) is 3.67. The molecule has 1 aromatic heterocycles. The van der Waals surface area contributed by atoms with Crippen LogP contribution in [0.1, 0.15) is 38.1 Å². The second-order valence-electron chi connectivity index (χ2n) is 4.51. The van der Waals surface area contributed by atoms with Crippen LogP contribution in [0.2, 0.25) is 4.34 Å². The summed E-state index contributed by atoms with van der Waals surface area (Å²) in [5, 5.41) is 0. The van der Waals surface area contributed by atoms with E-state index in [0.29, 0.717) is 0 Å². The Hall–Kier alpha value is -0.0500. The van der Waals surface area contributed by atoms with E-state index in [9.17, 15) is 0 Å². The molecular formula is C10H16ClNS. The summed E-state index contributed by atoms with van der Waals surface area (Å²) in [4.78, 5) is 1.18. The van der Waals surface area contributed by atoms with Gasteiger partial charge in [-0.05, 0) is 24.0 Å². The lowest BCUT2D eigenvalue weighted by Gasteiger charge is -2.22. The smallest absolute Gasteiger partial charge is 0.0931 e. The third-order valence-corrected chi connectivity index (χ3v) is 3.15. The summed E-state index contributed by atoms with van der Waals surface area (Å²) in [5.41, 5.74) is 6.32. The second kappa shape index (κ2) is 3.99. The van der Waals surface area contributed by atoms with Gasteiger partial charge in [-0.3, -0.25) is 0 Å². The summed E-state index contributed by atoms with van der Waals surface area (Å²) in [7, 11) is 0. The number of halogens is 1. The van der Waals surface area contributed by atoms with Gasteiger partial charge in [0, 0.05) is 10.9 Å². The highest BCUT2D eigenvalue weighted by Gasteiger charge is 2.17. The van der Waals surface area contributed by atoms with Crippen LogP contribution in [-0.2, 0) is 0 Å². The highest BCUT2D eigenvalue weighted by Crippen LogP contribution is 2.32. The van der Waals surface area contributed by atoms with Gasteiger partial charge in [0.05, 0.1) is 4.34 Å². The van der Waals surface area contributed by atoms with Crippen molar-refractivity contribution in [3.8, 4) is 0 Å². The van der Waals surface area contributed by atoms with Crippen LogP contribution >= 0.6 is 22.9 Å². The molecule has 2 N–H and O–H groups in total. The molecule has 1 nitrogen and oxygen atoms in total. The van der Waals surface area contributed by atoms with Crippen LogP contribution in [0.15, 0.2) is 12.1 Å². The fraction of sp³-hybridized carbons (Fsp3) is 0.600. The summed E-state index contributed by atoms with van der Waals surface area (Å²) in [6.07, 6.45) is 0.990. The Bertz CT molecular complexity index is 275. The van der Waals surface area contributed by atoms with Crippen molar-refractivity contribution in [2.75, 3.05) is 0 Å². The predicted molar refractivity (Wildman–Crippen MR) is 60.3 cm³/mol. The van der Waals surface area contributed by atoms with E-state index in [4.69, 9.17) is 17.3 Å². The van der Waals surface area contributed by atoms with Crippen molar-refractivity contribution in [3.63, 3.8) is 0 Å². The molecule has 1 aromatic rings. The zero-order valence-electron chi connectivity index (χ0n) is 8.30. The molecule has 0 aliphatic heterocycles. The van der Waals surface area contributed by atoms with Crippen LogP contribution < -0.4 is 5.73 Å². The normalized spacial score (nSPS) is 14.5. The minimum Gasteiger partial charge on any atom is -0.323 e. The van der Waals surface area contributed by atoms with Gasteiger partial charge >= 0.3 is 0 Å². The molecule has 0 aliphatic carbocycles. The third-order valence-electron chi connectivity index (χ3n) is 1.79. The second-order valence-corrected chi connectivity index (χ2v) is 6.26. The number of hydrogen-bond acceptors (Lipinski definition) is 2. The van der Waals surface area contributed by atoms with Crippen molar-refractivity contribution in [2.24, 2.45) is 11.1 Å². The number of thiophene rings is 1. The summed E-state index contributed by atoms with van der Waals surface area (Å²) in [6.45, 7) is 6.59. The standard InChI is InChI=1S/C10H16ClNS/c1-10(2,3)6-7(12)8-4-5-9(11)13-8/h4-5,7H,6,12H2,1-3H3/t7-/m0/s1. The molecule has 0 unspecified atom stereocenters. The first-order valence-electron chi connectivity index (χ1n) is 4.39. The first-order chi connectivity index (χ1) is 5.88. The van der Waals surface area contributed by atoms with Crippen molar-refractivity contribution in [2.45, 2.75) is 33.2 Å². The molecule has 0 bridgehead atoms. The maximum Gasteiger partial charge on any atom is 0.0931 e. The Labute approximate surface area is 88.9 Å². The lowest BCUT2D eigenvalue weighted by atomic mass is 9.88. The van der Waals surface area contributed by atoms with E-state index in [1.807, 2.05) is 12.1 Å². The van der Waals surface area contributed by atoms with Gasteiger partial charge in [0.15, 0.2) is 0 Å². The van der Waals surface area contributed by atoms with Crippen LogP contribution in [0, 0.1) is 5.41 Å². The quantitative estimate of drug-likeness (QED) is 0.801. The largest absolute Gasteiger partial charge is 0.323 e. The molecule has 74 valence electrons. The fourth-order valence-electron chi connectivity index (χ4n) is 1.29. The molecule has 13 heavy (non-hydrogen) atoms. The van der Waals surface area contributed by atoms with E-state index in [1.165, 1.54) is 4.88 Å². The van der Waals surface area contributed by atoms with Crippen molar-refractivity contribution in [1.29, 1.82) is 0 Å². The molecule has 0 radical (unpaired) electrons. The van der Waals surface area contributed by atoms with E-state index in [0.717, 1.165) is 10.8 Å². The molecule has 0 spiro atoms. The van der Waals surface area contributed by atoms with Gasteiger partial charge in [0.2, 0.25) is 0 Å². The van der Waals surface area contributed by atoms with Gasteiger partial charge in [0.25, 0.3) is 0 Å². The molecule has 1 rings (SSSR count). The minimum absolute atomic E-state index is 0.123. The van der Waals surface area contributed by atoms with Crippen LogP contribution in [-0.4, -0.2) is 0 Å². The van der Waals surface area contributed by atoms with E-state index >= 15 is 0 Å². The molecule has 0 saturated heterocycles. The van der Waals surface area contributed by atoms with E-state index in [-0.39, 0.29) is 11.5 Å². The van der Waals surface area contributed by atoms with E-state index in [1.54, 1.807) is 11.3 Å². The molecular weight excluding hydrogens is 202 g/mol. The molecule has 1 atom stereocenters. The Morgan fingerprint density at radius 1 is 1.46 bits per heavy atom. The zero-order valence-corrected chi connectivity index (χ0v) is 9.88. The molecule has 0 aromatic carbocycles. The van der Waals surface area contributed by atoms with Crippen molar-refractivity contribution in [3.05, 3.63) is 21.3 Å². The molecule has 3 heteroatoms. The summed E-state index contributed by atoms with van der Waals surface area (Å²) >= 11 is 7.42. The highest BCUT2D eigenvalue weighted by atomic mass is 35.5. The first kappa shape index (κ1) is 11.0. The highest BCUT2D eigenvalue weighted by molar-refractivity contribution is 7.16. The number of hydrogen-bond donors (Lipinski definition) is 1. The maximum atomic E-state index is 6.05. The van der Waals surface area contributed by atoms with E-state index < -0.39 is 0 Å². The van der Waals surface area contributed by atoms with Gasteiger partial charge in [0.1, 0.15) is 0 Å². The summed E-state index contributed by atoms with van der Waals surface area (Å²) in [5.74, 6) is 0. The lowest BCUT2D eigenvalue weighted by molar-refractivity contribution is 0.345. The van der Waals surface area contributed by atoms with E-state index in [2.05, 4.69) is 20.8 Å². The SMILES string of the molecule is CC(C)(C)C[C@H](N)c1ccc(Cl)s1. The summed E-state index contributed by atoms with van der Waals surface area (Å²) < 4.78 is 0.819. The average Bonchev–Trinajstić information content (AvgIpc) is 2.31. The molecule has 0 amide bonds. The Morgan fingerprint density at radius 3 is 2.46 bits per heavy atom. The topological polar surface area (TPSA) is 26.0 Å². The van der Waals surface area contributed by atoms with Crippen LogP contribution in [0.25, 0.3) is 0 Å². The van der Waals surface area contributed by atoms with Gasteiger partial charge in [-0.2, -0.15) is 0 Å². The minimum atomic E-state index is 0.123. The van der Waals surface area contributed by atoms with Crippen LogP contribution in [0.3, 0.4) is 0 Å². The Morgan fingerprint density at radius 2 is 2.08 bits per heavy atom. The maximum absolute atomic E-state index is 6.05. The van der Waals surface area contributed by atoms with Gasteiger partial charge in [-0.1, -0.05) is 32.4 Å². The number of rotatable bonds is 2. The molecule has 0 aliphatic rings. The number of nitrogens with two attached hydrogens (primary N) is 1. The van der Waals surface area contributed by atoms with Crippen LogP contribution in [0.5, 0.6) is 0 Å². The van der Waals surface area contributed by atoms with Crippen molar-refractivity contribution in [1.82, 2.24) is 0 Å². The van der Waals surface area contributed by atoms with Crippen molar-refractivity contribution >= 4 is 22.9 Å². The fourth-order valence-corrected chi connectivity index (χ4v) is 2.35. The van der Waals surface area contributed by atoms with Crippen molar-refractivity contribution < 1.29 is 0 Å². The molecule has 1 heterocycles. The molecule has 0 fully saturated rings. The average molecular weight is 218 g/mol. The van der Waals surface area contributed by atoms with Gasteiger partial charge in [-0.15, -0.1) is 11.3 Å². The Kier molecular flexibility index (Phi) is 3.38.